The number of hydrogen-bond acceptors (Lipinski definition) is 5. The summed E-state index contributed by atoms with van der Waals surface area (Å²) in [7, 11) is 1.31. The Hall–Kier alpha value is -2.55. The fraction of sp³-hybridized carbons (Fsp3) is 0.375. The molecule has 0 spiro atoms. The average molecular weight is 382 g/mol. The van der Waals surface area contributed by atoms with E-state index in [0.717, 1.165) is 0 Å². The van der Waals surface area contributed by atoms with Crippen LogP contribution in [0.25, 0.3) is 5.65 Å². The first-order valence-corrected chi connectivity index (χ1v) is 8.19. The van der Waals surface area contributed by atoms with E-state index >= 15 is 0 Å². The number of aromatic nitrogens is 5. The van der Waals surface area contributed by atoms with E-state index in [-0.39, 0.29) is 5.15 Å². The molecule has 3 aromatic heterocycles. The van der Waals surface area contributed by atoms with Gasteiger partial charge in [0.15, 0.2) is 10.8 Å². The Labute approximate surface area is 151 Å². The maximum Gasteiger partial charge on any atom is 0.333 e. The number of fused-ring (bicyclic) bond motifs is 3. The van der Waals surface area contributed by atoms with Gasteiger partial charge in [-0.05, 0) is 19.4 Å². The van der Waals surface area contributed by atoms with Gasteiger partial charge in [-0.1, -0.05) is 11.6 Å². The quantitative estimate of drug-likeness (QED) is 0.652. The van der Waals surface area contributed by atoms with Crippen LogP contribution in [0.3, 0.4) is 0 Å². The first-order chi connectivity index (χ1) is 12.3. The molecule has 0 amide bonds. The number of alkyl halides is 2. The summed E-state index contributed by atoms with van der Waals surface area (Å²) in [5.74, 6) is -1.03. The molecule has 0 N–H and O–H groups in total. The molecule has 0 bridgehead atoms. The van der Waals surface area contributed by atoms with Crippen LogP contribution in [-0.2, 0) is 14.9 Å². The predicted octanol–water partition coefficient (Wildman–Crippen LogP) is 2.94. The van der Waals surface area contributed by atoms with Crippen molar-refractivity contribution in [3.05, 3.63) is 46.6 Å². The zero-order valence-corrected chi connectivity index (χ0v) is 14.6. The summed E-state index contributed by atoms with van der Waals surface area (Å²) in [4.78, 5) is 16.6. The second kappa shape index (κ2) is 5.73. The van der Waals surface area contributed by atoms with Crippen LogP contribution in [0.2, 0.25) is 5.15 Å². The molecule has 1 aliphatic carbocycles. The molecule has 26 heavy (non-hydrogen) atoms. The third kappa shape index (κ3) is 2.30. The van der Waals surface area contributed by atoms with Gasteiger partial charge >= 0.3 is 12.5 Å². The highest BCUT2D eigenvalue weighted by molar-refractivity contribution is 6.29. The predicted molar refractivity (Wildman–Crippen MR) is 87.3 cm³/mol. The van der Waals surface area contributed by atoms with Gasteiger partial charge in [-0.2, -0.15) is 19.0 Å². The first-order valence-electron chi connectivity index (χ1n) is 7.81. The summed E-state index contributed by atoms with van der Waals surface area (Å²) >= 11 is 6.01. The summed E-state index contributed by atoms with van der Waals surface area (Å²) in [5, 5.41) is 8.51. The number of nitrogens with zero attached hydrogens (tertiary/aromatic N) is 5. The lowest BCUT2D eigenvalue weighted by Gasteiger charge is -2.23. The van der Waals surface area contributed by atoms with Crippen LogP contribution in [0.15, 0.2) is 24.5 Å². The van der Waals surface area contributed by atoms with Crippen LogP contribution in [0.5, 0.6) is 0 Å². The van der Waals surface area contributed by atoms with Gasteiger partial charge in [-0.3, -0.25) is 4.79 Å². The third-order valence-electron chi connectivity index (χ3n) is 4.85. The van der Waals surface area contributed by atoms with E-state index in [0.29, 0.717) is 33.7 Å². The number of esters is 1. The number of ether oxygens (including phenoxy) is 1. The molecule has 2 unspecified atom stereocenters. The molecule has 0 aliphatic heterocycles. The molecular weight excluding hydrogens is 368 g/mol. The molecule has 7 nitrogen and oxygen atoms in total. The Morgan fingerprint density at radius 2 is 2.23 bits per heavy atom. The van der Waals surface area contributed by atoms with Crippen LogP contribution in [-0.4, -0.2) is 37.5 Å². The number of carbonyl (C=O) groups excluding carboxylic acids is 1. The van der Waals surface area contributed by atoms with Gasteiger partial charge in [0.2, 0.25) is 0 Å². The van der Waals surface area contributed by atoms with Crippen LogP contribution >= 0.6 is 11.6 Å². The molecular formula is C16H14ClF2N5O2. The molecule has 10 heteroatoms. The number of rotatable bonds is 3. The lowest BCUT2D eigenvalue weighted by Crippen LogP contribution is -2.25. The minimum atomic E-state index is -2.75. The molecule has 136 valence electrons. The van der Waals surface area contributed by atoms with Gasteiger partial charge in [-0.15, -0.1) is 0 Å². The second-order valence-electron chi connectivity index (χ2n) is 6.37. The highest BCUT2D eigenvalue weighted by atomic mass is 35.5. The van der Waals surface area contributed by atoms with E-state index in [1.807, 2.05) is 6.92 Å². The number of hydrogen-bond donors (Lipinski definition) is 0. The maximum atomic E-state index is 13.0. The van der Waals surface area contributed by atoms with Crippen molar-refractivity contribution >= 4 is 23.2 Å². The first kappa shape index (κ1) is 16.9. The SMILES string of the molecule is COC(=O)C1CC(C)(c2ccn(C(F)F)n2)c2c1cnc1cc(Cl)nn21. The Bertz CT molecular complexity index is 1020. The largest absolute Gasteiger partial charge is 0.469 e. The highest BCUT2D eigenvalue weighted by Gasteiger charge is 2.49. The number of halogens is 3. The number of methoxy groups -OCH3 is 1. The normalized spacial score (nSPS) is 22.2. The standard InChI is InChI=1S/C16H14ClF2N5O2/c1-16(10-3-4-23(21-10)15(18)19)6-8(14(25)26-2)9-7-20-12-5-11(17)22-24(12)13(9)16/h3-5,7-8,15H,6H2,1-2H3. The minimum absolute atomic E-state index is 0.243. The maximum absolute atomic E-state index is 13.0. The van der Waals surface area contributed by atoms with Crippen molar-refractivity contribution in [3.8, 4) is 0 Å². The van der Waals surface area contributed by atoms with Gasteiger partial charge in [-0.25, -0.2) is 14.2 Å². The van der Waals surface area contributed by atoms with Crippen molar-refractivity contribution in [1.82, 2.24) is 24.4 Å². The van der Waals surface area contributed by atoms with E-state index in [1.54, 1.807) is 16.8 Å². The van der Waals surface area contributed by atoms with Crippen molar-refractivity contribution in [2.45, 2.75) is 31.2 Å². The topological polar surface area (TPSA) is 74.3 Å². The van der Waals surface area contributed by atoms with Crippen molar-refractivity contribution in [2.24, 2.45) is 0 Å². The molecule has 0 saturated carbocycles. The van der Waals surface area contributed by atoms with Crippen LogP contribution in [0.4, 0.5) is 8.78 Å². The lowest BCUT2D eigenvalue weighted by atomic mass is 9.83. The molecule has 2 atom stereocenters. The van der Waals surface area contributed by atoms with Gasteiger partial charge < -0.3 is 4.74 Å². The third-order valence-corrected chi connectivity index (χ3v) is 5.04. The summed E-state index contributed by atoms with van der Waals surface area (Å²) in [5.41, 5.74) is 1.33. The molecule has 0 fully saturated rings. The van der Waals surface area contributed by atoms with Crippen LogP contribution in [0.1, 0.15) is 42.8 Å². The molecule has 0 saturated heterocycles. The molecule has 3 heterocycles. The summed E-state index contributed by atoms with van der Waals surface area (Å²) in [6.45, 7) is -0.914. The monoisotopic (exact) mass is 381 g/mol. The summed E-state index contributed by atoms with van der Waals surface area (Å²) in [6, 6.07) is 3.11. The molecule has 0 aromatic carbocycles. The Morgan fingerprint density at radius 3 is 2.88 bits per heavy atom. The van der Waals surface area contributed by atoms with Gasteiger partial charge in [0.1, 0.15) is 0 Å². The zero-order chi connectivity index (χ0) is 18.6. The fourth-order valence-electron chi connectivity index (χ4n) is 3.66. The molecule has 4 rings (SSSR count). The Kier molecular flexibility index (Phi) is 3.72. The highest BCUT2D eigenvalue weighted by Crippen LogP contribution is 2.49. The summed E-state index contributed by atoms with van der Waals surface area (Å²) < 4.78 is 33.0. The smallest absolute Gasteiger partial charge is 0.333 e. The van der Waals surface area contributed by atoms with E-state index in [2.05, 4.69) is 15.2 Å². The van der Waals surface area contributed by atoms with Crippen molar-refractivity contribution in [1.29, 1.82) is 0 Å². The van der Waals surface area contributed by atoms with Crippen LogP contribution < -0.4 is 0 Å². The lowest BCUT2D eigenvalue weighted by molar-refractivity contribution is -0.142. The number of carbonyl (C=O) groups is 1. The minimum Gasteiger partial charge on any atom is -0.469 e. The van der Waals surface area contributed by atoms with Gasteiger partial charge in [0.25, 0.3) is 0 Å². The van der Waals surface area contributed by atoms with E-state index in [1.165, 1.54) is 19.4 Å². The van der Waals surface area contributed by atoms with Gasteiger partial charge in [0.05, 0.1) is 29.8 Å². The Morgan fingerprint density at radius 1 is 1.46 bits per heavy atom. The zero-order valence-electron chi connectivity index (χ0n) is 13.9. The summed E-state index contributed by atoms with van der Waals surface area (Å²) in [6.07, 6.45) is 3.10. The van der Waals surface area contributed by atoms with E-state index in [4.69, 9.17) is 16.3 Å². The van der Waals surface area contributed by atoms with Crippen LogP contribution in [0, 0.1) is 0 Å². The van der Waals surface area contributed by atoms with Crippen molar-refractivity contribution < 1.29 is 18.3 Å². The van der Waals surface area contributed by atoms with E-state index in [9.17, 15) is 13.6 Å². The Balaban J connectivity index is 1.97. The van der Waals surface area contributed by atoms with E-state index < -0.39 is 23.9 Å². The molecule has 3 aromatic rings. The fourth-order valence-corrected chi connectivity index (χ4v) is 3.83. The van der Waals surface area contributed by atoms with Crippen molar-refractivity contribution in [3.63, 3.8) is 0 Å². The average Bonchev–Trinajstić information content (AvgIpc) is 3.29. The molecule has 0 radical (unpaired) electrons. The second-order valence-corrected chi connectivity index (χ2v) is 6.76. The van der Waals surface area contributed by atoms with Crippen molar-refractivity contribution in [2.75, 3.05) is 7.11 Å². The molecule has 1 aliphatic rings. The van der Waals surface area contributed by atoms with Gasteiger partial charge in [0, 0.05) is 24.0 Å².